The molecule has 0 aliphatic rings. The van der Waals surface area contributed by atoms with Crippen LogP contribution in [0, 0.1) is 0 Å². The van der Waals surface area contributed by atoms with Crippen molar-refractivity contribution in [2.24, 2.45) is 5.10 Å². The van der Waals surface area contributed by atoms with Crippen LogP contribution in [0.15, 0.2) is 58.8 Å². The highest BCUT2D eigenvalue weighted by Gasteiger charge is 2.22. The Labute approximate surface area is 186 Å². The van der Waals surface area contributed by atoms with Gasteiger partial charge >= 0.3 is 5.16 Å². The van der Waals surface area contributed by atoms with Gasteiger partial charge in [0.15, 0.2) is 0 Å². The number of aromatic nitrogens is 3. The minimum Gasteiger partial charge on any atom is -0.508 e. The molecule has 31 heavy (non-hydrogen) atoms. The molecular weight excluding hydrogens is 410 g/mol. The molecule has 7 nitrogen and oxygen atoms in total. The number of rotatable bonds is 7. The number of nitrogens with one attached hydrogen (secondary N) is 2. The molecule has 3 aromatic rings. The van der Waals surface area contributed by atoms with E-state index in [0.717, 1.165) is 23.1 Å². The first-order valence-corrected chi connectivity index (χ1v) is 11.1. The first kappa shape index (κ1) is 22.6. The zero-order valence-corrected chi connectivity index (χ0v) is 19.0. The highest BCUT2D eigenvalue weighted by Crippen LogP contribution is 2.25. The summed E-state index contributed by atoms with van der Waals surface area (Å²) in [6, 6.07) is 15.1. The molecule has 3 rings (SSSR count). The number of H-pyrrole nitrogens is 1. The van der Waals surface area contributed by atoms with Gasteiger partial charge in [0.25, 0.3) is 11.7 Å². The van der Waals surface area contributed by atoms with Crippen molar-refractivity contribution < 1.29 is 14.5 Å². The predicted octanol–water partition coefficient (Wildman–Crippen LogP) is 3.63. The standard InChI is InChI=1S/C23H27N5O2S/c1-5-28-21(17-9-11-18(12-10-17)23(2,3)4)26-27-22(28)31-15-20(30)25-24-14-16-7-6-8-19(29)13-16/h6-14H,5,15H2,1-4H3,(H2,25,29,30)/p+1/b24-14+. The van der Waals surface area contributed by atoms with E-state index in [-0.39, 0.29) is 22.8 Å². The van der Waals surface area contributed by atoms with Crippen LogP contribution in [0.2, 0.25) is 0 Å². The second kappa shape index (κ2) is 9.78. The topological polar surface area (TPSA) is 94.2 Å². The molecule has 162 valence electrons. The fraction of sp³-hybridized carbons (Fsp3) is 0.304. The number of hydrogen-bond donors (Lipinski definition) is 3. The van der Waals surface area contributed by atoms with Crippen molar-refractivity contribution in [3.05, 3.63) is 59.7 Å². The summed E-state index contributed by atoms with van der Waals surface area (Å²) in [5, 5.41) is 21.6. The summed E-state index contributed by atoms with van der Waals surface area (Å²) in [4.78, 5) is 12.1. The molecule has 0 unspecified atom stereocenters. The van der Waals surface area contributed by atoms with Crippen LogP contribution in [0.4, 0.5) is 0 Å². The molecule has 1 heterocycles. The van der Waals surface area contributed by atoms with Gasteiger partial charge in [-0.25, -0.2) is 9.99 Å². The molecule has 0 saturated carbocycles. The Morgan fingerprint density at radius 3 is 2.65 bits per heavy atom. The molecule has 2 aromatic carbocycles. The van der Waals surface area contributed by atoms with Crippen LogP contribution >= 0.6 is 11.8 Å². The van der Waals surface area contributed by atoms with Gasteiger partial charge in [0, 0.05) is 0 Å². The summed E-state index contributed by atoms with van der Waals surface area (Å²) in [6.45, 7) is 9.35. The van der Waals surface area contributed by atoms with Crippen LogP contribution < -0.4 is 9.99 Å². The number of phenolic OH excluding ortho intramolecular Hbond substituents is 1. The Morgan fingerprint density at radius 2 is 2.00 bits per heavy atom. The second-order valence-corrected chi connectivity index (χ2v) is 9.05. The van der Waals surface area contributed by atoms with Gasteiger partial charge in [-0.15, -0.1) is 5.10 Å². The molecule has 0 saturated heterocycles. The number of aromatic hydroxyl groups is 1. The van der Waals surface area contributed by atoms with Gasteiger partial charge in [-0.05, 0) is 59.5 Å². The smallest absolute Gasteiger partial charge is 0.337 e. The number of hydrogen-bond acceptors (Lipinski definition) is 5. The average Bonchev–Trinajstić information content (AvgIpc) is 3.15. The van der Waals surface area contributed by atoms with Crippen LogP contribution in [0.5, 0.6) is 5.75 Å². The molecule has 1 amide bonds. The van der Waals surface area contributed by atoms with Crippen molar-refractivity contribution in [1.82, 2.24) is 15.6 Å². The minimum atomic E-state index is -0.233. The molecule has 0 atom stereocenters. The monoisotopic (exact) mass is 438 g/mol. The van der Waals surface area contributed by atoms with E-state index in [1.165, 1.54) is 23.5 Å². The zero-order valence-electron chi connectivity index (χ0n) is 18.2. The lowest BCUT2D eigenvalue weighted by Crippen LogP contribution is -2.36. The maximum atomic E-state index is 12.1. The van der Waals surface area contributed by atoms with Crippen LogP contribution in [0.1, 0.15) is 38.8 Å². The number of thioether (sulfide) groups is 1. The Morgan fingerprint density at radius 1 is 1.26 bits per heavy atom. The average molecular weight is 439 g/mol. The van der Waals surface area contributed by atoms with E-state index in [9.17, 15) is 9.90 Å². The van der Waals surface area contributed by atoms with Crippen LogP contribution in [0.25, 0.3) is 11.4 Å². The van der Waals surface area contributed by atoms with E-state index in [1.807, 2.05) is 6.92 Å². The van der Waals surface area contributed by atoms with E-state index in [0.29, 0.717) is 5.56 Å². The van der Waals surface area contributed by atoms with Crippen LogP contribution in [-0.2, 0) is 16.8 Å². The van der Waals surface area contributed by atoms with Gasteiger partial charge in [0.2, 0.25) is 0 Å². The SMILES string of the molecule is CC[n+]1c(SCC(=O)N/N=C/c2cccc(O)c2)n[nH]c1-c1ccc(C(C)(C)C)cc1. The molecule has 0 aliphatic carbocycles. The Kier molecular flexibility index (Phi) is 7.12. The molecule has 0 bridgehead atoms. The Bertz CT molecular complexity index is 1070. The number of benzene rings is 2. The molecule has 0 spiro atoms. The molecule has 0 radical (unpaired) electrons. The summed E-state index contributed by atoms with van der Waals surface area (Å²) in [6.07, 6.45) is 1.49. The van der Waals surface area contributed by atoms with Gasteiger partial charge in [-0.3, -0.25) is 4.79 Å². The van der Waals surface area contributed by atoms with Gasteiger partial charge in [0.05, 0.1) is 29.2 Å². The Balaban J connectivity index is 1.62. The van der Waals surface area contributed by atoms with Crippen LogP contribution in [-0.4, -0.2) is 33.2 Å². The van der Waals surface area contributed by atoms with Crippen molar-refractivity contribution in [2.45, 2.75) is 44.8 Å². The first-order valence-electron chi connectivity index (χ1n) is 10.1. The van der Waals surface area contributed by atoms with Crippen molar-refractivity contribution in [1.29, 1.82) is 0 Å². The fourth-order valence-electron chi connectivity index (χ4n) is 3.02. The fourth-order valence-corrected chi connectivity index (χ4v) is 3.83. The van der Waals surface area contributed by atoms with Gasteiger partial charge in [-0.2, -0.15) is 5.10 Å². The maximum absolute atomic E-state index is 12.1. The number of hydrazone groups is 1. The van der Waals surface area contributed by atoms with Crippen molar-refractivity contribution in [3.63, 3.8) is 0 Å². The summed E-state index contributed by atoms with van der Waals surface area (Å²) < 4.78 is 2.06. The number of nitrogens with zero attached hydrogens (tertiary/aromatic N) is 3. The van der Waals surface area contributed by atoms with Gasteiger partial charge in [-0.1, -0.05) is 45.0 Å². The summed E-state index contributed by atoms with van der Waals surface area (Å²) in [5.74, 6) is 1.01. The third-order valence-corrected chi connectivity index (χ3v) is 5.68. The first-order chi connectivity index (χ1) is 14.8. The van der Waals surface area contributed by atoms with Crippen molar-refractivity contribution in [3.8, 4) is 17.1 Å². The van der Waals surface area contributed by atoms with Crippen molar-refractivity contribution in [2.75, 3.05) is 5.75 Å². The zero-order chi connectivity index (χ0) is 22.4. The highest BCUT2D eigenvalue weighted by molar-refractivity contribution is 7.99. The quantitative estimate of drug-likeness (QED) is 0.227. The molecule has 3 N–H and O–H groups in total. The summed E-state index contributed by atoms with van der Waals surface area (Å²) in [5.41, 5.74) is 5.63. The predicted molar refractivity (Wildman–Crippen MR) is 123 cm³/mol. The van der Waals surface area contributed by atoms with E-state index in [1.54, 1.807) is 24.3 Å². The number of aromatic amines is 1. The second-order valence-electron chi connectivity index (χ2n) is 8.10. The summed E-state index contributed by atoms with van der Waals surface area (Å²) in [7, 11) is 0. The van der Waals surface area contributed by atoms with E-state index in [2.05, 4.69) is 70.3 Å². The molecule has 8 heteroatoms. The third kappa shape index (κ3) is 5.95. The van der Waals surface area contributed by atoms with Crippen LogP contribution in [0.3, 0.4) is 0 Å². The largest absolute Gasteiger partial charge is 0.508 e. The number of phenols is 1. The lowest BCUT2D eigenvalue weighted by molar-refractivity contribution is -0.719. The number of amides is 1. The third-order valence-electron chi connectivity index (χ3n) is 4.70. The normalized spacial score (nSPS) is 11.7. The molecule has 1 aromatic heterocycles. The maximum Gasteiger partial charge on any atom is 0.337 e. The minimum absolute atomic E-state index is 0.102. The van der Waals surface area contributed by atoms with E-state index >= 15 is 0 Å². The van der Waals surface area contributed by atoms with Crippen molar-refractivity contribution >= 4 is 23.9 Å². The number of carbonyl (C=O) groups excluding carboxylic acids is 1. The van der Waals surface area contributed by atoms with Gasteiger partial charge < -0.3 is 5.11 Å². The van der Waals surface area contributed by atoms with Gasteiger partial charge in [0.1, 0.15) is 5.75 Å². The van der Waals surface area contributed by atoms with E-state index < -0.39 is 0 Å². The lowest BCUT2D eigenvalue weighted by atomic mass is 9.87. The Hall–Kier alpha value is -3.13. The van der Waals surface area contributed by atoms with E-state index in [4.69, 9.17) is 0 Å². The molecule has 0 fully saturated rings. The summed E-state index contributed by atoms with van der Waals surface area (Å²) >= 11 is 1.35. The molecule has 0 aliphatic heterocycles. The molecular formula is C23H28N5O2S+. The highest BCUT2D eigenvalue weighted by atomic mass is 32.2. The lowest BCUT2D eigenvalue weighted by Gasteiger charge is -2.18. The number of carbonyl (C=O) groups is 1.